The maximum atomic E-state index is 12.6. The predicted molar refractivity (Wildman–Crippen MR) is 107 cm³/mol. The first-order chi connectivity index (χ1) is 13.0. The predicted octanol–water partition coefficient (Wildman–Crippen LogP) is 3.42. The van der Waals surface area contributed by atoms with E-state index in [4.69, 9.17) is 0 Å². The summed E-state index contributed by atoms with van der Waals surface area (Å²) >= 11 is 0. The van der Waals surface area contributed by atoms with Gasteiger partial charge >= 0.3 is 0 Å². The van der Waals surface area contributed by atoms with Crippen molar-refractivity contribution in [1.82, 2.24) is 9.88 Å². The first kappa shape index (κ1) is 18.9. The summed E-state index contributed by atoms with van der Waals surface area (Å²) in [6, 6.07) is 10.5. The van der Waals surface area contributed by atoms with Gasteiger partial charge in [0.15, 0.2) is 0 Å². The van der Waals surface area contributed by atoms with E-state index in [1.807, 2.05) is 23.9 Å². The van der Waals surface area contributed by atoms with Gasteiger partial charge in [0.05, 0.1) is 0 Å². The summed E-state index contributed by atoms with van der Waals surface area (Å²) in [6.07, 6.45) is 6.15. The van der Waals surface area contributed by atoms with Gasteiger partial charge in [-0.25, -0.2) is 4.98 Å². The van der Waals surface area contributed by atoms with E-state index in [-0.39, 0.29) is 11.8 Å². The van der Waals surface area contributed by atoms with Crippen LogP contribution in [0.3, 0.4) is 0 Å². The number of carbonyl (C=O) groups is 2. The third kappa shape index (κ3) is 4.84. The van der Waals surface area contributed by atoms with Gasteiger partial charge in [0, 0.05) is 50.2 Å². The average molecular weight is 366 g/mol. The molecule has 1 saturated heterocycles. The minimum atomic E-state index is -0.202. The van der Waals surface area contributed by atoms with Crippen LogP contribution in [0.15, 0.2) is 42.6 Å². The highest BCUT2D eigenvalue weighted by molar-refractivity contribution is 6.05. The quantitative estimate of drug-likeness (QED) is 0.900. The molecule has 6 heteroatoms. The first-order valence-corrected chi connectivity index (χ1v) is 9.38. The number of hydrogen-bond donors (Lipinski definition) is 1. The molecule has 0 unspecified atom stereocenters. The summed E-state index contributed by atoms with van der Waals surface area (Å²) in [5.74, 6) is 0.590. The number of carbonyl (C=O) groups excluding carboxylic acids is 2. The highest BCUT2D eigenvalue weighted by atomic mass is 16.2. The Morgan fingerprint density at radius 2 is 1.63 bits per heavy atom. The van der Waals surface area contributed by atoms with Gasteiger partial charge in [0.25, 0.3) is 11.8 Å². The number of benzene rings is 1. The van der Waals surface area contributed by atoms with Crippen LogP contribution in [0.25, 0.3) is 0 Å². The van der Waals surface area contributed by atoms with Crippen molar-refractivity contribution in [2.75, 3.05) is 37.4 Å². The van der Waals surface area contributed by atoms with E-state index in [9.17, 15) is 9.59 Å². The molecule has 0 atom stereocenters. The minimum Gasteiger partial charge on any atom is -0.363 e. The Bertz CT molecular complexity index is 794. The lowest BCUT2D eigenvalue weighted by molar-refractivity contribution is 0.0761. The molecule has 1 aromatic heterocycles. The zero-order valence-electron chi connectivity index (χ0n) is 15.9. The second-order valence-electron chi connectivity index (χ2n) is 7.04. The maximum absolute atomic E-state index is 12.6. The molecule has 1 aliphatic rings. The number of pyridine rings is 1. The zero-order valence-corrected chi connectivity index (χ0v) is 15.9. The van der Waals surface area contributed by atoms with E-state index >= 15 is 0 Å². The topological polar surface area (TPSA) is 65.5 Å². The van der Waals surface area contributed by atoms with Crippen LogP contribution < -0.4 is 10.2 Å². The zero-order chi connectivity index (χ0) is 19.2. The van der Waals surface area contributed by atoms with Gasteiger partial charge in [-0.15, -0.1) is 0 Å². The van der Waals surface area contributed by atoms with Crippen LogP contribution in [0, 0.1) is 0 Å². The van der Waals surface area contributed by atoms with Crippen LogP contribution in [0.4, 0.5) is 11.5 Å². The molecule has 1 fully saturated rings. The van der Waals surface area contributed by atoms with Gasteiger partial charge in [0.1, 0.15) is 5.82 Å². The Balaban J connectivity index is 1.65. The number of hydrogen-bond acceptors (Lipinski definition) is 4. The Morgan fingerprint density at radius 1 is 0.963 bits per heavy atom. The van der Waals surface area contributed by atoms with Crippen molar-refractivity contribution in [2.24, 2.45) is 0 Å². The molecule has 1 N–H and O–H groups in total. The van der Waals surface area contributed by atoms with E-state index < -0.39 is 0 Å². The van der Waals surface area contributed by atoms with E-state index in [0.717, 1.165) is 31.7 Å². The molecule has 142 valence electrons. The molecule has 2 amide bonds. The van der Waals surface area contributed by atoms with Gasteiger partial charge in [-0.1, -0.05) is 12.8 Å². The largest absolute Gasteiger partial charge is 0.363 e. The normalized spacial score (nSPS) is 14.4. The molecule has 27 heavy (non-hydrogen) atoms. The molecule has 0 saturated carbocycles. The lowest BCUT2D eigenvalue weighted by Gasteiger charge is -2.20. The molecule has 2 heterocycles. The average Bonchev–Trinajstić information content (AvgIpc) is 2.97. The van der Waals surface area contributed by atoms with Crippen LogP contribution in [0.2, 0.25) is 0 Å². The van der Waals surface area contributed by atoms with Gasteiger partial charge in [-0.2, -0.15) is 0 Å². The van der Waals surface area contributed by atoms with Crippen LogP contribution in [0.5, 0.6) is 0 Å². The highest BCUT2D eigenvalue weighted by Gasteiger charge is 2.17. The fraction of sp³-hybridized carbons (Fsp3) is 0.381. The highest BCUT2D eigenvalue weighted by Crippen LogP contribution is 2.17. The van der Waals surface area contributed by atoms with Crippen molar-refractivity contribution in [3.05, 3.63) is 53.7 Å². The third-order valence-electron chi connectivity index (χ3n) is 4.75. The van der Waals surface area contributed by atoms with Crippen LogP contribution in [-0.2, 0) is 0 Å². The molecule has 1 aromatic carbocycles. The third-order valence-corrected chi connectivity index (χ3v) is 4.75. The molecule has 0 spiro atoms. The van der Waals surface area contributed by atoms with Crippen molar-refractivity contribution in [2.45, 2.75) is 25.7 Å². The molecule has 3 rings (SSSR count). The van der Waals surface area contributed by atoms with Gasteiger partial charge in [-0.05, 0) is 49.2 Å². The molecule has 1 aliphatic heterocycles. The summed E-state index contributed by atoms with van der Waals surface area (Å²) < 4.78 is 0. The molecule has 0 aliphatic carbocycles. The molecular formula is C21H26N4O2. The van der Waals surface area contributed by atoms with Gasteiger partial charge in [0.2, 0.25) is 0 Å². The molecule has 0 radical (unpaired) electrons. The van der Waals surface area contributed by atoms with Crippen LogP contribution >= 0.6 is 0 Å². The summed E-state index contributed by atoms with van der Waals surface area (Å²) in [6.45, 7) is 1.65. The smallest absolute Gasteiger partial charge is 0.255 e. The molecule has 6 nitrogen and oxygen atoms in total. The fourth-order valence-electron chi connectivity index (χ4n) is 3.16. The number of nitrogens with zero attached hydrogens (tertiary/aromatic N) is 3. The summed E-state index contributed by atoms with van der Waals surface area (Å²) in [5, 5.41) is 2.87. The van der Waals surface area contributed by atoms with Crippen molar-refractivity contribution >= 4 is 23.3 Å². The molecular weight excluding hydrogens is 340 g/mol. The van der Waals surface area contributed by atoms with Crippen molar-refractivity contribution < 1.29 is 9.59 Å². The summed E-state index contributed by atoms with van der Waals surface area (Å²) in [5.41, 5.74) is 1.86. The molecule has 2 aromatic rings. The minimum absolute atomic E-state index is 0.0690. The maximum Gasteiger partial charge on any atom is 0.255 e. The van der Waals surface area contributed by atoms with Crippen molar-refractivity contribution in [1.29, 1.82) is 0 Å². The van der Waals surface area contributed by atoms with Crippen molar-refractivity contribution in [3.8, 4) is 0 Å². The number of likely N-dealkylation sites (tertiary alicyclic amines) is 1. The second-order valence-corrected chi connectivity index (χ2v) is 7.04. The Labute approximate surface area is 160 Å². The SMILES string of the molecule is CN(C)c1cc(C(=O)Nc2ccc(C(=O)N3CCCCCC3)cc2)ccn1. The van der Waals surface area contributed by atoms with E-state index in [1.165, 1.54) is 12.8 Å². The standard InChI is InChI=1S/C21H26N4O2/c1-24(2)19-15-17(11-12-22-19)20(26)23-18-9-7-16(8-10-18)21(27)25-13-5-3-4-6-14-25/h7-12,15H,3-6,13-14H2,1-2H3,(H,23,26). The Hall–Kier alpha value is -2.89. The van der Waals surface area contributed by atoms with Crippen LogP contribution in [-0.4, -0.2) is 48.9 Å². The number of aromatic nitrogens is 1. The van der Waals surface area contributed by atoms with Crippen LogP contribution in [0.1, 0.15) is 46.4 Å². The summed E-state index contributed by atoms with van der Waals surface area (Å²) in [7, 11) is 3.76. The monoisotopic (exact) mass is 366 g/mol. The summed E-state index contributed by atoms with van der Waals surface area (Å²) in [4.78, 5) is 33.1. The first-order valence-electron chi connectivity index (χ1n) is 9.38. The van der Waals surface area contributed by atoms with E-state index in [2.05, 4.69) is 10.3 Å². The fourth-order valence-corrected chi connectivity index (χ4v) is 3.16. The number of amides is 2. The lowest BCUT2D eigenvalue weighted by atomic mass is 10.1. The van der Waals surface area contributed by atoms with E-state index in [1.54, 1.807) is 42.6 Å². The Kier molecular flexibility index (Phi) is 6.06. The Morgan fingerprint density at radius 3 is 2.26 bits per heavy atom. The van der Waals surface area contributed by atoms with Gasteiger partial charge in [-0.3, -0.25) is 9.59 Å². The number of nitrogens with one attached hydrogen (secondary N) is 1. The number of anilines is 2. The van der Waals surface area contributed by atoms with E-state index in [0.29, 0.717) is 16.8 Å². The molecule has 0 bridgehead atoms. The lowest BCUT2D eigenvalue weighted by Crippen LogP contribution is -2.31. The van der Waals surface area contributed by atoms with Crippen molar-refractivity contribution in [3.63, 3.8) is 0 Å². The van der Waals surface area contributed by atoms with Gasteiger partial charge < -0.3 is 15.1 Å². The second kappa shape index (κ2) is 8.66. The number of rotatable bonds is 4.